The standard InChI is InChI=1S/C10H15F2N7O5/c1-23-8-4(16-9(22)10(11,12)17-19-14)2-5(20)7(21)6(24-8)3-15-18-13/h4-8,20-21H,2-3H2,1H3,(H,16,22)/t4?,5?,6?,7-,8+/m1/s1. The number of carbonyl (C=O) groups is 1. The first-order valence-electron chi connectivity index (χ1n) is 6.57. The summed E-state index contributed by atoms with van der Waals surface area (Å²) in [6.07, 6.45) is -5.90. The molecule has 0 aromatic carbocycles. The van der Waals surface area contributed by atoms with E-state index < -0.39 is 49.0 Å². The van der Waals surface area contributed by atoms with Crippen molar-refractivity contribution in [2.45, 2.75) is 43.1 Å². The zero-order valence-electron chi connectivity index (χ0n) is 12.4. The average molecular weight is 351 g/mol. The third-order valence-electron chi connectivity index (χ3n) is 3.23. The van der Waals surface area contributed by atoms with Crippen molar-refractivity contribution in [3.8, 4) is 0 Å². The van der Waals surface area contributed by atoms with Crippen LogP contribution in [0.15, 0.2) is 10.2 Å². The molecule has 1 fully saturated rings. The first kappa shape index (κ1) is 19.8. The molecule has 5 atom stereocenters. The molecule has 1 aliphatic rings. The van der Waals surface area contributed by atoms with Crippen LogP contribution in [0.2, 0.25) is 0 Å². The van der Waals surface area contributed by atoms with E-state index in [-0.39, 0.29) is 6.54 Å². The van der Waals surface area contributed by atoms with Crippen LogP contribution in [0.1, 0.15) is 6.42 Å². The summed E-state index contributed by atoms with van der Waals surface area (Å²) in [5.74, 6) is -1.92. The van der Waals surface area contributed by atoms with Crippen LogP contribution in [0.4, 0.5) is 8.78 Å². The quantitative estimate of drug-likeness (QED) is 0.266. The van der Waals surface area contributed by atoms with E-state index in [1.54, 1.807) is 0 Å². The fourth-order valence-corrected chi connectivity index (χ4v) is 2.08. The molecular weight excluding hydrogens is 336 g/mol. The summed E-state index contributed by atoms with van der Waals surface area (Å²) in [4.78, 5) is 15.8. The van der Waals surface area contributed by atoms with Crippen LogP contribution in [0.3, 0.4) is 0 Å². The fourth-order valence-electron chi connectivity index (χ4n) is 2.08. The van der Waals surface area contributed by atoms with Crippen molar-refractivity contribution < 1.29 is 33.3 Å². The second-order valence-electron chi connectivity index (χ2n) is 4.80. The highest BCUT2D eigenvalue weighted by molar-refractivity contribution is 5.83. The Kier molecular flexibility index (Phi) is 7.10. The van der Waals surface area contributed by atoms with E-state index in [0.29, 0.717) is 0 Å². The van der Waals surface area contributed by atoms with Gasteiger partial charge in [-0.05, 0) is 16.2 Å². The molecule has 0 bridgehead atoms. The molecule has 0 aromatic rings. The van der Waals surface area contributed by atoms with Gasteiger partial charge in [-0.2, -0.15) is 8.78 Å². The minimum Gasteiger partial charge on any atom is -0.390 e. The molecule has 3 N–H and O–H groups in total. The molecular formula is C10H15F2N7O5. The minimum atomic E-state index is -4.35. The minimum absolute atomic E-state index is 0.357. The maximum absolute atomic E-state index is 13.2. The molecule has 134 valence electrons. The Bertz CT molecular complexity index is 552. The van der Waals surface area contributed by atoms with Gasteiger partial charge in [-0.25, -0.2) is 0 Å². The summed E-state index contributed by atoms with van der Waals surface area (Å²) in [6, 6.07) is -5.64. The summed E-state index contributed by atoms with van der Waals surface area (Å²) in [6.45, 7) is -0.357. The normalized spacial score (nSPS) is 30.5. The third-order valence-corrected chi connectivity index (χ3v) is 3.23. The number of nitrogens with one attached hydrogen (secondary N) is 1. The van der Waals surface area contributed by atoms with Crippen molar-refractivity contribution >= 4 is 5.91 Å². The van der Waals surface area contributed by atoms with Crippen molar-refractivity contribution in [3.05, 3.63) is 20.9 Å². The van der Waals surface area contributed by atoms with Crippen LogP contribution in [0.25, 0.3) is 20.9 Å². The Hall–Kier alpha value is -2.21. The highest BCUT2D eigenvalue weighted by Gasteiger charge is 2.44. The third kappa shape index (κ3) is 4.89. The predicted molar refractivity (Wildman–Crippen MR) is 72.3 cm³/mol. The molecule has 24 heavy (non-hydrogen) atoms. The Morgan fingerprint density at radius 2 is 2.12 bits per heavy atom. The van der Waals surface area contributed by atoms with E-state index in [1.165, 1.54) is 0 Å². The molecule has 12 nitrogen and oxygen atoms in total. The van der Waals surface area contributed by atoms with E-state index in [1.807, 2.05) is 10.2 Å². The van der Waals surface area contributed by atoms with Crippen LogP contribution in [0, 0.1) is 0 Å². The lowest BCUT2D eigenvalue weighted by Gasteiger charge is -2.27. The largest absolute Gasteiger partial charge is 0.401 e. The number of hydrogen-bond acceptors (Lipinski definition) is 7. The molecule has 1 aliphatic heterocycles. The van der Waals surface area contributed by atoms with Gasteiger partial charge in [-0.1, -0.05) is 5.11 Å². The van der Waals surface area contributed by atoms with Crippen LogP contribution in [-0.4, -0.2) is 66.5 Å². The number of azide groups is 2. The van der Waals surface area contributed by atoms with Gasteiger partial charge in [-0.15, -0.1) is 0 Å². The first-order valence-corrected chi connectivity index (χ1v) is 6.57. The van der Waals surface area contributed by atoms with Crippen molar-refractivity contribution in [1.29, 1.82) is 0 Å². The molecule has 3 unspecified atom stereocenters. The lowest BCUT2D eigenvalue weighted by Crippen LogP contribution is -2.51. The van der Waals surface area contributed by atoms with E-state index in [2.05, 4.69) is 15.1 Å². The number of methoxy groups -OCH3 is 1. The number of rotatable bonds is 6. The zero-order valence-corrected chi connectivity index (χ0v) is 12.4. The number of aliphatic hydroxyl groups excluding tert-OH is 2. The predicted octanol–water partition coefficient (Wildman–Crippen LogP) is 0.168. The maximum atomic E-state index is 13.2. The van der Waals surface area contributed by atoms with Gasteiger partial charge in [0, 0.05) is 23.4 Å². The lowest BCUT2D eigenvalue weighted by molar-refractivity contribution is -0.184. The van der Waals surface area contributed by atoms with E-state index in [0.717, 1.165) is 7.11 Å². The number of carbonyl (C=O) groups excluding carboxylic acids is 1. The SMILES string of the molecule is CO[C@H]1OC(CN=[N+]=[N-])[C@H](O)C(O)CC1NC(=O)C(F)(F)N=[N+]=[N-]. The molecule has 1 rings (SSSR count). The summed E-state index contributed by atoms with van der Waals surface area (Å²) < 4.78 is 36.7. The van der Waals surface area contributed by atoms with E-state index in [4.69, 9.17) is 20.5 Å². The smallest absolute Gasteiger partial charge is 0.390 e. The van der Waals surface area contributed by atoms with Gasteiger partial charge < -0.3 is 25.0 Å². The molecule has 0 spiro atoms. The lowest BCUT2D eigenvalue weighted by atomic mass is 10.0. The number of aliphatic hydroxyl groups is 2. The van der Waals surface area contributed by atoms with Crippen molar-refractivity contribution in [2.75, 3.05) is 13.7 Å². The Labute approximate surface area is 133 Å². The van der Waals surface area contributed by atoms with Gasteiger partial charge in [0.15, 0.2) is 6.29 Å². The Morgan fingerprint density at radius 3 is 2.67 bits per heavy atom. The first-order chi connectivity index (χ1) is 11.3. The number of nitrogens with zero attached hydrogens (tertiary/aromatic N) is 6. The second-order valence-corrected chi connectivity index (χ2v) is 4.80. The van der Waals surface area contributed by atoms with Crippen LogP contribution >= 0.6 is 0 Å². The monoisotopic (exact) mass is 351 g/mol. The number of amides is 1. The number of halogens is 2. The second kappa shape index (κ2) is 8.59. The topological polar surface area (TPSA) is 186 Å². The van der Waals surface area contributed by atoms with E-state index >= 15 is 0 Å². The Balaban J connectivity index is 2.95. The molecule has 0 aliphatic carbocycles. The van der Waals surface area contributed by atoms with Gasteiger partial charge in [0.1, 0.15) is 6.10 Å². The van der Waals surface area contributed by atoms with Crippen LogP contribution < -0.4 is 5.32 Å². The maximum Gasteiger partial charge on any atom is 0.401 e. The average Bonchev–Trinajstić information content (AvgIpc) is 2.63. The summed E-state index contributed by atoms with van der Waals surface area (Å²) >= 11 is 0. The van der Waals surface area contributed by atoms with Gasteiger partial charge in [0.2, 0.25) is 0 Å². The van der Waals surface area contributed by atoms with Gasteiger partial charge in [0.25, 0.3) is 5.91 Å². The van der Waals surface area contributed by atoms with Crippen molar-refractivity contribution in [3.63, 3.8) is 0 Å². The molecule has 1 heterocycles. The molecule has 0 aromatic heterocycles. The van der Waals surface area contributed by atoms with E-state index in [9.17, 15) is 23.8 Å². The van der Waals surface area contributed by atoms with Gasteiger partial charge in [0.05, 0.1) is 24.8 Å². The molecule has 0 radical (unpaired) electrons. The number of alkyl halides is 2. The molecule has 1 saturated heterocycles. The van der Waals surface area contributed by atoms with Crippen molar-refractivity contribution in [2.24, 2.45) is 10.2 Å². The highest BCUT2D eigenvalue weighted by Crippen LogP contribution is 2.23. The van der Waals surface area contributed by atoms with Crippen molar-refractivity contribution in [1.82, 2.24) is 5.32 Å². The molecule has 14 heteroatoms. The van der Waals surface area contributed by atoms with Crippen LogP contribution in [0.5, 0.6) is 0 Å². The number of ether oxygens (including phenoxy) is 2. The summed E-state index contributed by atoms with van der Waals surface area (Å²) in [5.41, 5.74) is 16.3. The van der Waals surface area contributed by atoms with Gasteiger partial charge in [-0.3, -0.25) is 4.79 Å². The van der Waals surface area contributed by atoms with Gasteiger partial charge >= 0.3 is 6.05 Å². The summed E-state index contributed by atoms with van der Waals surface area (Å²) in [7, 11) is 1.14. The summed E-state index contributed by atoms with van der Waals surface area (Å²) in [5, 5.41) is 26.9. The van der Waals surface area contributed by atoms with Crippen LogP contribution in [-0.2, 0) is 14.3 Å². The number of hydrogen-bond donors (Lipinski definition) is 3. The molecule has 0 saturated carbocycles. The fraction of sp³-hybridized carbons (Fsp3) is 0.900. The zero-order chi connectivity index (χ0) is 18.3. The molecule has 1 amide bonds. The Morgan fingerprint density at radius 1 is 1.46 bits per heavy atom. The highest BCUT2D eigenvalue weighted by atomic mass is 19.3.